The highest BCUT2D eigenvalue weighted by atomic mass is 19.1. The Morgan fingerprint density at radius 1 is 1.27 bits per heavy atom. The van der Waals surface area contributed by atoms with Gasteiger partial charge in [0.2, 0.25) is 6.36 Å². The van der Waals surface area contributed by atoms with Gasteiger partial charge in [-0.2, -0.15) is 0 Å². The van der Waals surface area contributed by atoms with Gasteiger partial charge in [-0.1, -0.05) is 26.7 Å². The van der Waals surface area contributed by atoms with Gasteiger partial charge in [-0.15, -0.1) is 0 Å². The van der Waals surface area contributed by atoms with Crippen LogP contribution in [0.15, 0.2) is 36.7 Å². The minimum absolute atomic E-state index is 0.166. The van der Waals surface area contributed by atoms with Gasteiger partial charge in [0.1, 0.15) is 22.7 Å². The number of benzene rings is 1. The van der Waals surface area contributed by atoms with Gasteiger partial charge < -0.3 is 14.2 Å². The molecule has 0 amide bonds. The molecule has 2 aliphatic rings. The SMILES string of the molecule is CC1CC1.CCC(=O)c1c(OC)cc(-c2cnc3cc(C4COC4)ccn23)cc1OC(C)F. The Kier molecular flexibility index (Phi) is 6.98. The average molecular weight is 455 g/mol. The van der Waals surface area contributed by atoms with Crippen molar-refractivity contribution >= 4 is 11.4 Å². The topological polar surface area (TPSA) is 62.1 Å². The molecule has 1 aliphatic carbocycles. The highest BCUT2D eigenvalue weighted by Crippen LogP contribution is 2.37. The molecule has 1 unspecified atom stereocenters. The fourth-order valence-electron chi connectivity index (χ4n) is 3.68. The van der Waals surface area contributed by atoms with E-state index in [4.69, 9.17) is 14.2 Å². The monoisotopic (exact) mass is 454 g/mol. The Balaban J connectivity index is 0.000000586. The lowest BCUT2D eigenvalue weighted by Crippen LogP contribution is -2.25. The zero-order chi connectivity index (χ0) is 23.5. The van der Waals surface area contributed by atoms with Crippen LogP contribution in [-0.4, -0.2) is 41.8 Å². The molecule has 5 rings (SSSR count). The van der Waals surface area contributed by atoms with E-state index >= 15 is 0 Å². The number of alkyl halides is 1. The van der Waals surface area contributed by atoms with Gasteiger partial charge in [0, 0.05) is 31.0 Å². The summed E-state index contributed by atoms with van der Waals surface area (Å²) in [7, 11) is 1.48. The molecule has 33 heavy (non-hydrogen) atoms. The Bertz CT molecular complexity index is 1130. The van der Waals surface area contributed by atoms with Crippen LogP contribution in [0.5, 0.6) is 11.5 Å². The fraction of sp³-hybridized carbons (Fsp3) is 0.462. The van der Waals surface area contributed by atoms with Crippen LogP contribution in [0.4, 0.5) is 4.39 Å². The maximum atomic E-state index is 13.7. The first-order chi connectivity index (χ1) is 15.9. The van der Waals surface area contributed by atoms with Crippen LogP contribution in [-0.2, 0) is 4.74 Å². The number of aromatic nitrogens is 2. The molecule has 2 fully saturated rings. The van der Waals surface area contributed by atoms with E-state index in [0.717, 1.165) is 36.0 Å². The van der Waals surface area contributed by atoms with Crippen LogP contribution in [0.3, 0.4) is 0 Å². The third kappa shape index (κ3) is 5.19. The summed E-state index contributed by atoms with van der Waals surface area (Å²) >= 11 is 0. The summed E-state index contributed by atoms with van der Waals surface area (Å²) in [5, 5.41) is 0. The second-order valence-electron chi connectivity index (χ2n) is 8.74. The van der Waals surface area contributed by atoms with Gasteiger partial charge in [0.15, 0.2) is 5.78 Å². The molecule has 176 valence electrons. The number of pyridine rings is 1. The summed E-state index contributed by atoms with van der Waals surface area (Å²) in [6, 6.07) is 7.52. The van der Waals surface area contributed by atoms with Crippen molar-refractivity contribution in [3.05, 3.63) is 47.8 Å². The minimum atomic E-state index is -1.56. The molecular formula is C26H31FN2O4. The van der Waals surface area contributed by atoms with Gasteiger partial charge in [0.05, 0.1) is 32.2 Å². The number of Topliss-reactive ketones (excluding diaryl/α,β-unsaturated/α-hetero) is 1. The molecule has 3 aromatic rings. The van der Waals surface area contributed by atoms with Crippen molar-refractivity contribution in [2.45, 2.75) is 52.3 Å². The number of ketones is 1. The number of imidazole rings is 1. The highest BCUT2D eigenvalue weighted by Gasteiger charge is 2.23. The number of hydrogen-bond donors (Lipinski definition) is 0. The van der Waals surface area contributed by atoms with Crippen LogP contribution in [0.1, 0.15) is 61.9 Å². The summed E-state index contributed by atoms with van der Waals surface area (Å²) < 4.78 is 31.6. The van der Waals surface area contributed by atoms with Gasteiger partial charge >= 0.3 is 0 Å². The zero-order valence-corrected chi connectivity index (χ0v) is 19.6. The van der Waals surface area contributed by atoms with Gasteiger partial charge in [0.25, 0.3) is 0 Å². The smallest absolute Gasteiger partial charge is 0.235 e. The molecule has 0 bridgehead atoms. The lowest BCUT2D eigenvalue weighted by Gasteiger charge is -2.26. The van der Waals surface area contributed by atoms with Gasteiger partial charge in [-0.3, -0.25) is 9.20 Å². The van der Waals surface area contributed by atoms with Crippen LogP contribution in [0.2, 0.25) is 0 Å². The molecular weight excluding hydrogens is 423 g/mol. The van der Waals surface area contributed by atoms with Crippen LogP contribution in [0, 0.1) is 5.92 Å². The third-order valence-corrected chi connectivity index (χ3v) is 5.98. The Morgan fingerprint density at radius 3 is 2.52 bits per heavy atom. The third-order valence-electron chi connectivity index (χ3n) is 5.98. The van der Waals surface area contributed by atoms with E-state index in [1.807, 2.05) is 16.7 Å². The largest absolute Gasteiger partial charge is 0.496 e. The van der Waals surface area contributed by atoms with E-state index in [-0.39, 0.29) is 23.5 Å². The summed E-state index contributed by atoms with van der Waals surface area (Å²) in [5.41, 5.74) is 3.76. The Morgan fingerprint density at radius 2 is 1.97 bits per heavy atom. The first kappa shape index (κ1) is 23.2. The number of fused-ring (bicyclic) bond motifs is 1. The van der Waals surface area contributed by atoms with Crippen molar-refractivity contribution in [3.63, 3.8) is 0 Å². The molecule has 3 heterocycles. The van der Waals surface area contributed by atoms with E-state index in [1.165, 1.54) is 32.4 Å². The van der Waals surface area contributed by atoms with Crippen molar-refractivity contribution in [3.8, 4) is 22.8 Å². The summed E-state index contributed by atoms with van der Waals surface area (Å²) in [6.45, 7) is 6.76. The molecule has 2 aromatic heterocycles. The molecule has 0 radical (unpaired) electrons. The second kappa shape index (κ2) is 9.91. The second-order valence-corrected chi connectivity index (χ2v) is 8.74. The number of halogens is 1. The summed E-state index contributed by atoms with van der Waals surface area (Å²) in [6.07, 6.45) is 5.37. The Labute approximate surface area is 193 Å². The first-order valence-corrected chi connectivity index (χ1v) is 11.5. The predicted octanol–water partition coefficient (Wildman–Crippen LogP) is 5.83. The fourth-order valence-corrected chi connectivity index (χ4v) is 3.68. The van der Waals surface area contributed by atoms with E-state index in [1.54, 1.807) is 25.3 Å². The molecule has 1 saturated carbocycles. The zero-order valence-electron chi connectivity index (χ0n) is 19.6. The molecule has 0 spiro atoms. The first-order valence-electron chi connectivity index (χ1n) is 11.5. The minimum Gasteiger partial charge on any atom is -0.496 e. The lowest BCUT2D eigenvalue weighted by molar-refractivity contribution is 0.00843. The quantitative estimate of drug-likeness (QED) is 0.421. The average Bonchev–Trinajstić information content (AvgIpc) is 3.42. The number of hydrogen-bond acceptors (Lipinski definition) is 5. The molecule has 1 saturated heterocycles. The molecule has 6 nitrogen and oxygen atoms in total. The molecule has 1 atom stereocenters. The van der Waals surface area contributed by atoms with Gasteiger partial charge in [-0.25, -0.2) is 9.37 Å². The maximum Gasteiger partial charge on any atom is 0.235 e. The van der Waals surface area contributed by atoms with Crippen molar-refractivity contribution in [1.29, 1.82) is 0 Å². The molecule has 7 heteroatoms. The molecule has 1 aromatic carbocycles. The van der Waals surface area contributed by atoms with Gasteiger partial charge in [-0.05, 0) is 35.7 Å². The maximum absolute atomic E-state index is 13.7. The number of ether oxygens (including phenoxy) is 3. The van der Waals surface area contributed by atoms with E-state index < -0.39 is 6.36 Å². The van der Waals surface area contributed by atoms with E-state index in [9.17, 15) is 9.18 Å². The van der Waals surface area contributed by atoms with Crippen molar-refractivity contribution < 1.29 is 23.4 Å². The lowest BCUT2D eigenvalue weighted by atomic mass is 9.99. The Hall–Kier alpha value is -2.93. The number of carbonyl (C=O) groups excluding carboxylic acids is 1. The van der Waals surface area contributed by atoms with Crippen molar-refractivity contribution in [2.75, 3.05) is 20.3 Å². The summed E-state index contributed by atoms with van der Waals surface area (Å²) in [5.74, 6) is 1.84. The normalized spacial score (nSPS) is 16.5. The molecule has 0 N–H and O–H groups in total. The van der Waals surface area contributed by atoms with Crippen LogP contribution < -0.4 is 9.47 Å². The van der Waals surface area contributed by atoms with Crippen molar-refractivity contribution in [1.82, 2.24) is 9.38 Å². The van der Waals surface area contributed by atoms with Crippen molar-refractivity contribution in [2.24, 2.45) is 5.92 Å². The number of rotatable bonds is 7. The summed E-state index contributed by atoms with van der Waals surface area (Å²) in [4.78, 5) is 16.9. The standard InChI is InChI=1S/C22H23FN2O4.C4H8/c1-4-18(26)22-19(27-3)7-15(8-20(22)29-13(2)23)17-10-24-21-9-14(5-6-25(17)21)16-11-28-12-16;1-4-2-3-4/h5-10,13,16H,4,11-12H2,1-3H3;4H,2-3H2,1H3. The van der Waals surface area contributed by atoms with Crippen LogP contribution in [0.25, 0.3) is 16.9 Å². The van der Waals surface area contributed by atoms with E-state index in [0.29, 0.717) is 11.7 Å². The highest BCUT2D eigenvalue weighted by molar-refractivity contribution is 6.02. The predicted molar refractivity (Wildman–Crippen MR) is 125 cm³/mol. The number of carbonyl (C=O) groups is 1. The van der Waals surface area contributed by atoms with E-state index in [2.05, 4.69) is 18.0 Å². The van der Waals surface area contributed by atoms with Crippen LogP contribution >= 0.6 is 0 Å². The molecule has 1 aliphatic heterocycles. The number of methoxy groups -OCH3 is 1. The number of nitrogens with zero attached hydrogens (tertiary/aromatic N) is 2.